The average Bonchev–Trinajstić information content (AvgIpc) is 3.13. The summed E-state index contributed by atoms with van der Waals surface area (Å²) in [5.41, 5.74) is 2.41. The molecule has 0 bridgehead atoms. The van der Waals surface area contributed by atoms with Gasteiger partial charge in [-0.05, 0) is 55.3 Å². The molecule has 0 aromatic heterocycles. The highest BCUT2D eigenvalue weighted by Crippen LogP contribution is 2.56. The van der Waals surface area contributed by atoms with Gasteiger partial charge in [0.2, 0.25) is 0 Å². The van der Waals surface area contributed by atoms with E-state index in [1.165, 1.54) is 43.0 Å². The van der Waals surface area contributed by atoms with Crippen LogP contribution in [0.1, 0.15) is 51.7 Å². The summed E-state index contributed by atoms with van der Waals surface area (Å²) in [7, 11) is -1.73. The number of rotatable bonds is 10. The molecule has 6 aromatic rings. The van der Waals surface area contributed by atoms with E-state index in [2.05, 4.69) is 185 Å². The number of para-hydroxylation sites is 2. The largest absolute Gasteiger partial charge is 0.455 e. The van der Waals surface area contributed by atoms with E-state index >= 15 is 0 Å². The van der Waals surface area contributed by atoms with Gasteiger partial charge in [-0.1, -0.05) is 192 Å². The Balaban J connectivity index is 1.52. The van der Waals surface area contributed by atoms with Crippen LogP contribution in [0.4, 0.5) is 0 Å². The molecule has 1 atom stereocenters. The summed E-state index contributed by atoms with van der Waals surface area (Å²) in [6.45, 7) is 9.63. The SMILES string of the molecule is CC[C@H](CC(C)C)C1(C)c2cccc(P(c3ccccc3)c3ccccc3)c2Oc2c(P(c3ccccc3)c3ccccc3)cccc21. The van der Waals surface area contributed by atoms with Crippen molar-refractivity contribution in [3.63, 3.8) is 0 Å². The highest BCUT2D eigenvalue weighted by atomic mass is 31.1. The first kappa shape index (κ1) is 32.5. The normalized spacial score (nSPS) is 14.0. The standard InChI is InChI=1S/C45H44OP2/c1-5-34(32-33(2)3)45(4)39-28-18-30-41(47(35-20-10-6-11-21-35)36-22-12-7-13-23-36)43(39)46-44-40(45)29-19-31-42(44)48(37-24-14-8-15-25-37)38-26-16-9-17-27-38/h6-31,33-34H,5,32H2,1-4H3/t34-/m1/s1. The van der Waals surface area contributed by atoms with E-state index in [-0.39, 0.29) is 5.41 Å². The first-order chi connectivity index (χ1) is 23.5. The first-order valence-corrected chi connectivity index (χ1v) is 19.9. The second-order valence-electron chi connectivity index (χ2n) is 13.4. The zero-order valence-electron chi connectivity index (χ0n) is 28.4. The predicted octanol–water partition coefficient (Wildman–Crippen LogP) is 9.69. The lowest BCUT2D eigenvalue weighted by atomic mass is 9.63. The molecule has 3 heteroatoms. The van der Waals surface area contributed by atoms with Gasteiger partial charge >= 0.3 is 0 Å². The summed E-state index contributed by atoms with van der Waals surface area (Å²) in [4.78, 5) is 0. The van der Waals surface area contributed by atoms with Gasteiger partial charge in [0.1, 0.15) is 11.5 Å². The Labute approximate surface area is 289 Å². The Bertz CT molecular complexity index is 1740. The van der Waals surface area contributed by atoms with E-state index in [4.69, 9.17) is 4.74 Å². The van der Waals surface area contributed by atoms with Crippen LogP contribution in [0.2, 0.25) is 0 Å². The van der Waals surface area contributed by atoms with E-state index in [0.717, 1.165) is 24.3 Å². The quantitative estimate of drug-likeness (QED) is 0.133. The minimum Gasteiger partial charge on any atom is -0.455 e. The maximum atomic E-state index is 7.52. The minimum atomic E-state index is -0.864. The Morgan fingerprint density at radius 2 is 0.854 bits per heavy atom. The second kappa shape index (κ2) is 14.2. The van der Waals surface area contributed by atoms with Gasteiger partial charge in [0.25, 0.3) is 0 Å². The summed E-state index contributed by atoms with van der Waals surface area (Å²) in [6.07, 6.45) is 2.25. The lowest BCUT2D eigenvalue weighted by molar-refractivity contribution is 0.259. The molecule has 0 unspecified atom stereocenters. The van der Waals surface area contributed by atoms with E-state index < -0.39 is 15.8 Å². The topological polar surface area (TPSA) is 9.23 Å². The maximum absolute atomic E-state index is 7.52. The van der Waals surface area contributed by atoms with E-state index in [1.807, 2.05) is 0 Å². The smallest absolute Gasteiger partial charge is 0.139 e. The van der Waals surface area contributed by atoms with Crippen LogP contribution in [0.5, 0.6) is 11.5 Å². The molecule has 6 aromatic carbocycles. The molecule has 1 aliphatic heterocycles. The van der Waals surface area contributed by atoms with Gasteiger partial charge < -0.3 is 4.74 Å². The fraction of sp³-hybridized carbons (Fsp3) is 0.200. The zero-order valence-corrected chi connectivity index (χ0v) is 30.2. The Morgan fingerprint density at radius 1 is 0.500 bits per heavy atom. The highest BCUT2D eigenvalue weighted by molar-refractivity contribution is 7.80. The van der Waals surface area contributed by atoms with Crippen molar-refractivity contribution in [2.75, 3.05) is 0 Å². The fourth-order valence-corrected chi connectivity index (χ4v) is 12.5. The Kier molecular flexibility index (Phi) is 9.64. The van der Waals surface area contributed by atoms with Gasteiger partial charge in [0.05, 0.1) is 0 Å². The summed E-state index contributed by atoms with van der Waals surface area (Å²) in [5.74, 6) is 3.14. The third-order valence-corrected chi connectivity index (χ3v) is 14.8. The third kappa shape index (κ3) is 6.05. The van der Waals surface area contributed by atoms with Crippen LogP contribution < -0.4 is 36.6 Å². The van der Waals surface area contributed by atoms with Crippen LogP contribution in [0.15, 0.2) is 158 Å². The lowest BCUT2D eigenvalue weighted by Gasteiger charge is -2.45. The van der Waals surface area contributed by atoms with E-state index in [0.29, 0.717) is 11.8 Å². The molecule has 0 spiro atoms. The molecular weight excluding hydrogens is 618 g/mol. The molecule has 0 amide bonds. The van der Waals surface area contributed by atoms with Gasteiger partial charge in [-0.3, -0.25) is 0 Å². The van der Waals surface area contributed by atoms with E-state index in [1.54, 1.807) is 0 Å². The minimum absolute atomic E-state index is 0.225. The molecule has 240 valence electrons. The van der Waals surface area contributed by atoms with Crippen LogP contribution in [-0.2, 0) is 5.41 Å². The average molecular weight is 663 g/mol. The van der Waals surface area contributed by atoms with Crippen molar-refractivity contribution in [1.29, 1.82) is 0 Å². The maximum Gasteiger partial charge on any atom is 0.139 e. The number of fused-ring (bicyclic) bond motifs is 2. The van der Waals surface area contributed by atoms with Crippen molar-refractivity contribution >= 4 is 47.7 Å². The molecule has 1 nitrogen and oxygen atoms in total. The summed E-state index contributed by atoms with van der Waals surface area (Å²) >= 11 is 0. The predicted molar refractivity (Wildman–Crippen MR) is 210 cm³/mol. The van der Waals surface area contributed by atoms with Crippen molar-refractivity contribution < 1.29 is 4.74 Å². The molecule has 7 rings (SSSR count). The van der Waals surface area contributed by atoms with Crippen LogP contribution in [0, 0.1) is 11.8 Å². The van der Waals surface area contributed by atoms with Gasteiger partial charge in [-0.15, -0.1) is 0 Å². The first-order valence-electron chi connectivity index (χ1n) is 17.3. The molecule has 48 heavy (non-hydrogen) atoms. The van der Waals surface area contributed by atoms with Gasteiger partial charge in [-0.25, -0.2) is 0 Å². The van der Waals surface area contributed by atoms with Crippen molar-refractivity contribution in [3.05, 3.63) is 169 Å². The lowest BCUT2D eigenvalue weighted by Crippen LogP contribution is -2.40. The van der Waals surface area contributed by atoms with Crippen molar-refractivity contribution in [2.45, 2.75) is 46.0 Å². The van der Waals surface area contributed by atoms with Crippen molar-refractivity contribution in [3.8, 4) is 11.5 Å². The Morgan fingerprint density at radius 3 is 1.17 bits per heavy atom. The van der Waals surface area contributed by atoms with Crippen LogP contribution in [0.3, 0.4) is 0 Å². The third-order valence-electron chi connectivity index (χ3n) is 9.92. The zero-order chi connectivity index (χ0) is 33.1. The molecule has 1 heterocycles. The molecule has 0 saturated carbocycles. The summed E-state index contributed by atoms with van der Waals surface area (Å²) < 4.78 is 7.52. The molecule has 0 radical (unpaired) electrons. The van der Waals surface area contributed by atoms with Gasteiger partial charge in [-0.2, -0.15) is 0 Å². The Hall–Kier alpha value is -4.02. The molecule has 0 fully saturated rings. The number of hydrogen-bond donors (Lipinski definition) is 0. The highest BCUT2D eigenvalue weighted by Gasteiger charge is 2.46. The molecule has 0 N–H and O–H groups in total. The summed E-state index contributed by atoms with van der Waals surface area (Å²) in [6, 6.07) is 58.1. The number of hydrogen-bond acceptors (Lipinski definition) is 1. The molecular formula is C45H44OP2. The number of ether oxygens (including phenoxy) is 1. The van der Waals surface area contributed by atoms with Gasteiger partial charge in [0.15, 0.2) is 0 Å². The van der Waals surface area contributed by atoms with Gasteiger partial charge in [0, 0.05) is 27.2 Å². The second-order valence-corrected chi connectivity index (χ2v) is 17.7. The van der Waals surface area contributed by atoms with Crippen molar-refractivity contribution in [2.24, 2.45) is 11.8 Å². The number of benzene rings is 6. The van der Waals surface area contributed by atoms with Crippen LogP contribution in [-0.4, -0.2) is 0 Å². The molecule has 0 aliphatic carbocycles. The fourth-order valence-electron chi connectivity index (χ4n) is 7.66. The van der Waals surface area contributed by atoms with E-state index in [9.17, 15) is 0 Å². The monoisotopic (exact) mass is 662 g/mol. The molecule has 0 saturated heterocycles. The van der Waals surface area contributed by atoms with Crippen LogP contribution in [0.25, 0.3) is 0 Å². The molecule has 1 aliphatic rings. The summed E-state index contributed by atoms with van der Waals surface area (Å²) in [5, 5.41) is 7.91. The van der Waals surface area contributed by atoms with Crippen LogP contribution >= 0.6 is 15.8 Å². The van der Waals surface area contributed by atoms with Crippen molar-refractivity contribution in [1.82, 2.24) is 0 Å².